The van der Waals surface area contributed by atoms with E-state index in [1.165, 1.54) is 0 Å². The average Bonchev–Trinajstić information content (AvgIpc) is 2.28. The Morgan fingerprint density at radius 1 is 1.64 bits per heavy atom. The lowest BCUT2D eigenvalue weighted by Crippen LogP contribution is -2.40. The maximum absolute atomic E-state index is 10.8. The van der Waals surface area contributed by atoms with Crippen LogP contribution in [-0.4, -0.2) is 29.2 Å². The number of carbonyl (C=O) groups excluding carboxylic acids is 2. The molecule has 0 radical (unpaired) electrons. The maximum Gasteiger partial charge on any atom is 0.322 e. The second kappa shape index (κ2) is 2.87. The van der Waals surface area contributed by atoms with Crippen molar-refractivity contribution in [2.24, 2.45) is 0 Å². The quantitative estimate of drug-likeness (QED) is 0.449. The number of aliphatic hydroxyl groups excluding tert-OH is 1. The molecule has 0 bridgehead atoms. The first-order valence-electron chi connectivity index (χ1n) is 3.44. The van der Waals surface area contributed by atoms with Crippen LogP contribution in [0.15, 0.2) is 0 Å². The smallest absolute Gasteiger partial charge is 0.322 e. The third-order valence-electron chi connectivity index (χ3n) is 1.61. The van der Waals surface area contributed by atoms with Crippen LogP contribution in [0.25, 0.3) is 0 Å². The Kier molecular flexibility index (Phi) is 2.09. The van der Waals surface area contributed by atoms with E-state index in [0.29, 0.717) is 6.42 Å². The van der Waals surface area contributed by atoms with Crippen molar-refractivity contribution in [3.63, 3.8) is 0 Å². The standard InChI is InChI=1S/C6H10N2O3/c1-2-3(9)4-5(10)8-6(11)7-4/h3-4,9H,2H2,1H3,(H2,7,8,10,11). The third-order valence-corrected chi connectivity index (χ3v) is 1.61. The fourth-order valence-corrected chi connectivity index (χ4v) is 0.939. The van der Waals surface area contributed by atoms with Gasteiger partial charge in [-0.05, 0) is 6.42 Å². The average molecular weight is 158 g/mol. The van der Waals surface area contributed by atoms with Crippen LogP contribution in [0.2, 0.25) is 0 Å². The van der Waals surface area contributed by atoms with E-state index < -0.39 is 24.1 Å². The molecule has 2 atom stereocenters. The van der Waals surface area contributed by atoms with Crippen molar-refractivity contribution >= 4 is 11.9 Å². The highest BCUT2D eigenvalue weighted by Gasteiger charge is 2.34. The van der Waals surface area contributed by atoms with Gasteiger partial charge in [-0.25, -0.2) is 4.79 Å². The summed E-state index contributed by atoms with van der Waals surface area (Å²) in [5.41, 5.74) is 0. The van der Waals surface area contributed by atoms with Gasteiger partial charge in [0.05, 0.1) is 6.10 Å². The molecule has 1 aliphatic heterocycles. The van der Waals surface area contributed by atoms with E-state index in [-0.39, 0.29) is 0 Å². The molecule has 0 aromatic carbocycles. The predicted octanol–water partition coefficient (Wildman–Crippen LogP) is -1.03. The number of hydrogen-bond acceptors (Lipinski definition) is 3. The summed E-state index contributed by atoms with van der Waals surface area (Å²) in [7, 11) is 0. The molecule has 62 valence electrons. The van der Waals surface area contributed by atoms with Crippen LogP contribution in [0.4, 0.5) is 4.79 Å². The van der Waals surface area contributed by atoms with Gasteiger partial charge < -0.3 is 10.4 Å². The Bertz CT molecular complexity index is 192. The zero-order valence-electron chi connectivity index (χ0n) is 6.13. The Hall–Kier alpha value is -1.10. The van der Waals surface area contributed by atoms with Crippen molar-refractivity contribution in [1.29, 1.82) is 0 Å². The van der Waals surface area contributed by atoms with Gasteiger partial charge in [0, 0.05) is 0 Å². The highest BCUT2D eigenvalue weighted by Crippen LogP contribution is 2.02. The summed E-state index contributed by atoms with van der Waals surface area (Å²) >= 11 is 0. The number of amides is 3. The van der Waals surface area contributed by atoms with E-state index in [1.54, 1.807) is 6.92 Å². The monoisotopic (exact) mass is 158 g/mol. The minimum atomic E-state index is -0.790. The van der Waals surface area contributed by atoms with E-state index in [9.17, 15) is 14.7 Å². The first-order chi connectivity index (χ1) is 5.15. The van der Waals surface area contributed by atoms with Crippen LogP contribution in [-0.2, 0) is 4.79 Å². The molecule has 1 saturated heterocycles. The lowest BCUT2D eigenvalue weighted by molar-refractivity contribution is -0.122. The fraction of sp³-hybridized carbons (Fsp3) is 0.667. The normalized spacial score (nSPS) is 26.2. The van der Waals surface area contributed by atoms with Crippen LogP contribution in [0.1, 0.15) is 13.3 Å². The summed E-state index contributed by atoms with van der Waals surface area (Å²) in [6.45, 7) is 1.74. The van der Waals surface area contributed by atoms with Crippen molar-refractivity contribution in [1.82, 2.24) is 10.6 Å². The molecule has 5 nitrogen and oxygen atoms in total. The van der Waals surface area contributed by atoms with Crippen molar-refractivity contribution < 1.29 is 14.7 Å². The summed E-state index contributed by atoms with van der Waals surface area (Å²) in [5, 5.41) is 13.5. The molecular weight excluding hydrogens is 148 g/mol. The number of rotatable bonds is 2. The molecule has 2 unspecified atom stereocenters. The van der Waals surface area contributed by atoms with E-state index in [1.807, 2.05) is 5.32 Å². The van der Waals surface area contributed by atoms with Crippen LogP contribution < -0.4 is 10.6 Å². The summed E-state index contributed by atoms with van der Waals surface area (Å²) in [4.78, 5) is 21.4. The van der Waals surface area contributed by atoms with Crippen molar-refractivity contribution in [2.45, 2.75) is 25.5 Å². The van der Waals surface area contributed by atoms with Crippen molar-refractivity contribution in [2.75, 3.05) is 0 Å². The minimum absolute atomic E-state index is 0.443. The van der Waals surface area contributed by atoms with Crippen molar-refractivity contribution in [3.8, 4) is 0 Å². The summed E-state index contributed by atoms with van der Waals surface area (Å²) in [5.74, 6) is -0.454. The number of imide groups is 1. The van der Waals surface area contributed by atoms with Gasteiger partial charge in [0.1, 0.15) is 6.04 Å². The van der Waals surface area contributed by atoms with Crippen LogP contribution in [0, 0.1) is 0 Å². The highest BCUT2D eigenvalue weighted by atomic mass is 16.3. The molecule has 0 saturated carbocycles. The number of carbonyl (C=O) groups is 2. The zero-order chi connectivity index (χ0) is 8.43. The largest absolute Gasteiger partial charge is 0.390 e. The first-order valence-corrected chi connectivity index (χ1v) is 3.44. The Balaban J connectivity index is 2.59. The molecule has 0 aliphatic carbocycles. The van der Waals surface area contributed by atoms with Gasteiger partial charge in [-0.15, -0.1) is 0 Å². The number of hydrogen-bond donors (Lipinski definition) is 3. The molecule has 1 aliphatic rings. The van der Waals surface area contributed by atoms with Gasteiger partial charge in [0.15, 0.2) is 0 Å². The minimum Gasteiger partial charge on any atom is -0.390 e. The topological polar surface area (TPSA) is 78.4 Å². The molecule has 3 amide bonds. The second-order valence-corrected chi connectivity index (χ2v) is 2.42. The van der Waals surface area contributed by atoms with E-state index in [2.05, 4.69) is 5.32 Å². The highest BCUT2D eigenvalue weighted by molar-refractivity contribution is 6.04. The van der Waals surface area contributed by atoms with Gasteiger partial charge in [0.25, 0.3) is 5.91 Å². The first kappa shape index (κ1) is 8.00. The Morgan fingerprint density at radius 2 is 2.27 bits per heavy atom. The molecule has 1 heterocycles. The summed E-state index contributed by atoms with van der Waals surface area (Å²) < 4.78 is 0. The van der Waals surface area contributed by atoms with E-state index >= 15 is 0 Å². The maximum atomic E-state index is 10.8. The lowest BCUT2D eigenvalue weighted by Gasteiger charge is -2.12. The van der Waals surface area contributed by atoms with Crippen molar-refractivity contribution in [3.05, 3.63) is 0 Å². The fourth-order valence-electron chi connectivity index (χ4n) is 0.939. The summed E-state index contributed by atoms with van der Waals surface area (Å²) in [6, 6.07) is -1.31. The lowest BCUT2D eigenvalue weighted by atomic mass is 10.1. The molecule has 3 N–H and O–H groups in total. The molecule has 0 aromatic rings. The summed E-state index contributed by atoms with van der Waals surface area (Å²) in [6.07, 6.45) is -0.348. The number of urea groups is 1. The van der Waals surface area contributed by atoms with Gasteiger partial charge in [-0.3, -0.25) is 10.1 Å². The second-order valence-electron chi connectivity index (χ2n) is 2.42. The van der Waals surface area contributed by atoms with Gasteiger partial charge in [-0.2, -0.15) is 0 Å². The molecule has 1 fully saturated rings. The zero-order valence-corrected chi connectivity index (χ0v) is 6.13. The van der Waals surface area contributed by atoms with E-state index in [0.717, 1.165) is 0 Å². The van der Waals surface area contributed by atoms with Crippen LogP contribution >= 0.6 is 0 Å². The molecule has 0 spiro atoms. The number of nitrogens with one attached hydrogen (secondary N) is 2. The van der Waals surface area contributed by atoms with Gasteiger partial charge in [-0.1, -0.05) is 6.92 Å². The molecular formula is C6H10N2O3. The van der Waals surface area contributed by atoms with Crippen LogP contribution in [0.5, 0.6) is 0 Å². The van der Waals surface area contributed by atoms with Crippen LogP contribution in [0.3, 0.4) is 0 Å². The Morgan fingerprint density at radius 3 is 2.64 bits per heavy atom. The van der Waals surface area contributed by atoms with E-state index in [4.69, 9.17) is 0 Å². The third kappa shape index (κ3) is 1.48. The molecule has 5 heteroatoms. The SMILES string of the molecule is CCC(O)C1NC(=O)NC1=O. The van der Waals surface area contributed by atoms with Gasteiger partial charge >= 0.3 is 6.03 Å². The predicted molar refractivity (Wildman–Crippen MR) is 36.8 cm³/mol. The Labute approximate surface area is 63.8 Å². The number of aliphatic hydroxyl groups is 1. The molecule has 1 rings (SSSR count). The van der Waals surface area contributed by atoms with Gasteiger partial charge in [0.2, 0.25) is 0 Å². The molecule has 11 heavy (non-hydrogen) atoms. The molecule has 0 aromatic heterocycles.